The van der Waals surface area contributed by atoms with Crippen LogP contribution in [0, 0.1) is 0 Å². The average molecular weight is 341 g/mol. The second-order valence-electron chi connectivity index (χ2n) is 4.53. The first-order valence-corrected chi connectivity index (χ1v) is 8.68. The van der Waals surface area contributed by atoms with Crippen LogP contribution in [-0.4, -0.2) is 46.2 Å². The van der Waals surface area contributed by atoms with Crippen molar-refractivity contribution >= 4 is 6.08 Å². The summed E-state index contributed by atoms with van der Waals surface area (Å²) in [6.07, 6.45) is 2.81. The third-order valence-corrected chi connectivity index (χ3v) is 2.61. The predicted molar refractivity (Wildman–Crippen MR) is 103 cm³/mol. The van der Waals surface area contributed by atoms with Crippen LogP contribution in [0.25, 0.3) is 6.08 Å². The Kier molecular flexibility index (Phi) is 18.7. The van der Waals surface area contributed by atoms with E-state index in [4.69, 9.17) is 18.9 Å². The van der Waals surface area contributed by atoms with E-state index in [0.29, 0.717) is 12.2 Å². The second-order valence-corrected chi connectivity index (χ2v) is 4.53. The molecule has 0 saturated carbocycles. The Morgan fingerprint density at radius 3 is 1.71 bits per heavy atom. The summed E-state index contributed by atoms with van der Waals surface area (Å²) >= 11 is 0. The van der Waals surface area contributed by atoms with Crippen molar-refractivity contribution in [2.45, 2.75) is 46.8 Å². The zero-order valence-electron chi connectivity index (χ0n) is 16.5. The van der Waals surface area contributed by atoms with Gasteiger partial charge in [0.2, 0.25) is 0 Å². The van der Waals surface area contributed by atoms with Crippen molar-refractivity contribution in [3.8, 4) is 5.75 Å². The molecule has 0 N–H and O–H groups in total. The quantitative estimate of drug-likeness (QED) is 0.737. The summed E-state index contributed by atoms with van der Waals surface area (Å²) in [5.41, 5.74) is 1.11. The summed E-state index contributed by atoms with van der Waals surface area (Å²) in [5.74, 6) is 0.880. The molecule has 0 aliphatic carbocycles. The lowest BCUT2D eigenvalue weighted by atomic mass is 10.2. The van der Waals surface area contributed by atoms with Crippen LogP contribution >= 0.6 is 0 Å². The topological polar surface area (TPSA) is 43.5 Å². The third-order valence-electron chi connectivity index (χ3n) is 2.61. The highest BCUT2D eigenvalue weighted by atomic mass is 16.6. The summed E-state index contributed by atoms with van der Waals surface area (Å²) < 4.78 is 19.3. The van der Waals surface area contributed by atoms with E-state index in [0.717, 1.165) is 31.1 Å². The lowest BCUT2D eigenvalue weighted by molar-refractivity contribution is 0.171. The summed E-state index contributed by atoms with van der Waals surface area (Å²) in [6.45, 7) is 16.3. The van der Waals surface area contributed by atoms with Gasteiger partial charge in [0.1, 0.15) is 11.9 Å². The molecule has 1 aromatic carbocycles. The Hall–Kier alpha value is -1.36. The second kappa shape index (κ2) is 18.0. The lowest BCUT2D eigenvalue weighted by Crippen LogP contribution is -1.94. The number of ether oxygens (including phenoxy) is 4. The molecule has 0 spiro atoms. The van der Waals surface area contributed by atoms with E-state index in [2.05, 4.69) is 13.5 Å². The molecule has 0 radical (unpaired) electrons. The minimum absolute atomic E-state index is 0.426. The molecular weight excluding hydrogens is 304 g/mol. The molecular formula is C20H36O4. The number of hydrogen-bond donors (Lipinski definition) is 0. The Labute approximate surface area is 148 Å². The molecule has 4 heteroatoms. The fourth-order valence-electron chi connectivity index (χ4n) is 1.19. The molecule has 2 aliphatic rings. The van der Waals surface area contributed by atoms with E-state index >= 15 is 0 Å². The van der Waals surface area contributed by atoms with Gasteiger partial charge in [-0.2, -0.15) is 0 Å². The maximum atomic E-state index is 4.98. The molecule has 2 aliphatic heterocycles. The lowest BCUT2D eigenvalue weighted by Gasteiger charge is -1.97. The van der Waals surface area contributed by atoms with E-state index in [9.17, 15) is 0 Å². The Balaban J connectivity index is 0. The van der Waals surface area contributed by atoms with Crippen LogP contribution in [0.5, 0.6) is 5.75 Å². The summed E-state index contributed by atoms with van der Waals surface area (Å²) in [5, 5.41) is 0. The van der Waals surface area contributed by atoms with Gasteiger partial charge >= 0.3 is 0 Å². The highest BCUT2D eigenvalue weighted by molar-refractivity contribution is 5.48. The van der Waals surface area contributed by atoms with E-state index in [1.54, 1.807) is 20.3 Å². The van der Waals surface area contributed by atoms with Crippen molar-refractivity contribution in [3.05, 3.63) is 36.4 Å². The highest BCUT2D eigenvalue weighted by Gasteiger charge is 2.21. The normalized spacial score (nSPS) is 18.5. The van der Waals surface area contributed by atoms with Gasteiger partial charge in [0.15, 0.2) is 0 Å². The predicted octanol–water partition coefficient (Wildman–Crippen LogP) is 4.83. The molecule has 2 fully saturated rings. The maximum Gasteiger partial charge on any atom is 0.118 e. The monoisotopic (exact) mass is 340 g/mol. The zero-order valence-corrected chi connectivity index (χ0v) is 16.5. The zero-order chi connectivity index (χ0) is 18.8. The number of hydrogen-bond acceptors (Lipinski definition) is 4. The molecule has 4 nitrogen and oxygen atoms in total. The van der Waals surface area contributed by atoms with Crippen LogP contribution in [0.4, 0.5) is 0 Å². The van der Waals surface area contributed by atoms with Crippen LogP contribution in [0.15, 0.2) is 30.8 Å². The third kappa shape index (κ3) is 17.0. The molecule has 2 heterocycles. The molecule has 1 aromatic rings. The fraction of sp³-hybridized carbons (Fsp3) is 0.600. The van der Waals surface area contributed by atoms with E-state index in [1.165, 1.54) is 0 Å². The van der Waals surface area contributed by atoms with Gasteiger partial charge in [-0.25, -0.2) is 0 Å². The van der Waals surface area contributed by atoms with Gasteiger partial charge in [0.25, 0.3) is 0 Å². The van der Waals surface area contributed by atoms with Crippen molar-refractivity contribution < 1.29 is 18.9 Å². The van der Waals surface area contributed by atoms with Gasteiger partial charge in [-0.1, -0.05) is 52.5 Å². The Morgan fingerprint density at radius 2 is 1.50 bits per heavy atom. The van der Waals surface area contributed by atoms with Crippen molar-refractivity contribution in [2.24, 2.45) is 0 Å². The fourth-order valence-corrected chi connectivity index (χ4v) is 1.19. The van der Waals surface area contributed by atoms with Crippen LogP contribution in [0.1, 0.15) is 40.2 Å². The maximum absolute atomic E-state index is 4.98. The molecule has 0 aromatic heterocycles. The number of epoxide rings is 2. The van der Waals surface area contributed by atoms with E-state index in [-0.39, 0.29) is 0 Å². The Morgan fingerprint density at radius 1 is 1.04 bits per heavy atom. The molecule has 140 valence electrons. The molecule has 0 bridgehead atoms. The molecule has 2 unspecified atom stereocenters. The average Bonchev–Trinajstić information content (AvgIpc) is 3.59. The van der Waals surface area contributed by atoms with Crippen molar-refractivity contribution in [1.82, 2.24) is 0 Å². The highest BCUT2D eigenvalue weighted by Crippen LogP contribution is 2.11. The van der Waals surface area contributed by atoms with Crippen molar-refractivity contribution in [3.63, 3.8) is 0 Å². The first kappa shape index (κ1) is 24.9. The van der Waals surface area contributed by atoms with Crippen LogP contribution in [-0.2, 0) is 14.2 Å². The Bertz CT molecular complexity index is 368. The minimum atomic E-state index is 0.426. The van der Waals surface area contributed by atoms with Gasteiger partial charge in [0, 0.05) is 7.11 Å². The van der Waals surface area contributed by atoms with Crippen LogP contribution < -0.4 is 4.74 Å². The molecule has 2 saturated heterocycles. The largest absolute Gasteiger partial charge is 0.497 e. The molecule has 3 rings (SSSR count). The number of rotatable bonds is 4. The SMILES string of the molecule is C=Cc1ccc(OC)cc1.CC.CC.CC1CO1.COCC1CO1. The van der Waals surface area contributed by atoms with Gasteiger partial charge in [0.05, 0.1) is 33.0 Å². The number of methoxy groups -OCH3 is 2. The summed E-state index contributed by atoms with van der Waals surface area (Å²) in [7, 11) is 3.34. The minimum Gasteiger partial charge on any atom is -0.497 e. The number of benzene rings is 1. The van der Waals surface area contributed by atoms with Crippen molar-refractivity contribution in [1.29, 1.82) is 0 Å². The van der Waals surface area contributed by atoms with Crippen molar-refractivity contribution in [2.75, 3.05) is 34.0 Å². The molecule has 0 amide bonds. The first-order chi connectivity index (χ1) is 11.7. The van der Waals surface area contributed by atoms with Crippen LogP contribution in [0.2, 0.25) is 0 Å². The van der Waals surface area contributed by atoms with Gasteiger partial charge < -0.3 is 18.9 Å². The van der Waals surface area contributed by atoms with Gasteiger partial charge in [-0.05, 0) is 24.6 Å². The van der Waals surface area contributed by atoms with Gasteiger partial charge in [-0.15, -0.1) is 0 Å². The smallest absolute Gasteiger partial charge is 0.118 e. The molecule has 24 heavy (non-hydrogen) atoms. The van der Waals surface area contributed by atoms with Gasteiger partial charge in [-0.3, -0.25) is 0 Å². The standard InChI is InChI=1S/C9H10O.C4H8O2.C3H6O.2C2H6/c1-3-8-4-6-9(10-2)7-5-8;1-5-2-4-3-6-4;1-3-2-4-3;2*1-2/h3-7H,1H2,2H3;4H,2-3H2,1H3;3H,2H2,1H3;2*1-2H3. The van der Waals surface area contributed by atoms with E-state index < -0.39 is 0 Å². The first-order valence-electron chi connectivity index (χ1n) is 8.68. The van der Waals surface area contributed by atoms with E-state index in [1.807, 2.05) is 52.0 Å². The summed E-state index contributed by atoms with van der Waals surface area (Å²) in [4.78, 5) is 0. The van der Waals surface area contributed by atoms with Crippen LogP contribution in [0.3, 0.4) is 0 Å². The molecule has 2 atom stereocenters. The summed E-state index contributed by atoms with van der Waals surface area (Å²) in [6, 6.07) is 7.76.